The minimum absolute atomic E-state index is 0.0435. The first-order chi connectivity index (χ1) is 12.5. The van der Waals surface area contributed by atoms with E-state index in [9.17, 15) is 9.59 Å². The van der Waals surface area contributed by atoms with Crippen molar-refractivity contribution in [2.75, 3.05) is 20.8 Å². The quantitative estimate of drug-likeness (QED) is 0.735. The van der Waals surface area contributed by atoms with E-state index in [-0.39, 0.29) is 25.0 Å². The van der Waals surface area contributed by atoms with Gasteiger partial charge in [-0.15, -0.1) is 0 Å². The number of carbonyl (C=O) groups is 2. The van der Waals surface area contributed by atoms with Crippen molar-refractivity contribution < 1.29 is 23.8 Å². The van der Waals surface area contributed by atoms with Crippen molar-refractivity contribution in [1.82, 2.24) is 5.32 Å². The highest BCUT2D eigenvalue weighted by Gasteiger charge is 2.13. The van der Waals surface area contributed by atoms with Crippen LogP contribution in [0.15, 0.2) is 48.5 Å². The van der Waals surface area contributed by atoms with Gasteiger partial charge in [-0.2, -0.15) is 0 Å². The van der Waals surface area contributed by atoms with Crippen LogP contribution in [-0.2, 0) is 20.7 Å². The Bertz CT molecular complexity index is 745. The summed E-state index contributed by atoms with van der Waals surface area (Å²) in [4.78, 5) is 23.9. The largest absolute Gasteiger partial charge is 0.493 e. The minimum atomic E-state index is -0.486. The molecule has 1 amide bonds. The molecule has 0 saturated carbocycles. The van der Waals surface area contributed by atoms with Crippen LogP contribution in [0, 0.1) is 0 Å². The molecule has 0 aliphatic rings. The number of amides is 1. The molecule has 26 heavy (non-hydrogen) atoms. The second kappa shape index (κ2) is 9.46. The van der Waals surface area contributed by atoms with Crippen molar-refractivity contribution in [2.24, 2.45) is 0 Å². The Kier molecular flexibility index (Phi) is 7.02. The van der Waals surface area contributed by atoms with Crippen LogP contribution in [0.5, 0.6) is 11.5 Å². The molecular formula is C20H23NO5. The highest BCUT2D eigenvalue weighted by molar-refractivity contribution is 5.81. The van der Waals surface area contributed by atoms with Crippen LogP contribution in [0.25, 0.3) is 0 Å². The first-order valence-corrected chi connectivity index (χ1v) is 8.24. The van der Waals surface area contributed by atoms with Gasteiger partial charge in [0.1, 0.15) is 0 Å². The Balaban J connectivity index is 1.82. The van der Waals surface area contributed by atoms with Gasteiger partial charge in [-0.1, -0.05) is 36.4 Å². The second-order valence-corrected chi connectivity index (χ2v) is 5.73. The smallest absolute Gasteiger partial charge is 0.310 e. The van der Waals surface area contributed by atoms with Crippen LogP contribution in [0.2, 0.25) is 0 Å². The number of nitrogens with one attached hydrogen (secondary N) is 1. The molecule has 6 heteroatoms. The van der Waals surface area contributed by atoms with E-state index < -0.39 is 5.97 Å². The van der Waals surface area contributed by atoms with E-state index in [2.05, 4.69) is 5.32 Å². The normalized spacial score (nSPS) is 11.3. The van der Waals surface area contributed by atoms with Gasteiger partial charge in [0.05, 0.1) is 26.7 Å². The minimum Gasteiger partial charge on any atom is -0.493 e. The van der Waals surface area contributed by atoms with Gasteiger partial charge in [0.25, 0.3) is 5.91 Å². The van der Waals surface area contributed by atoms with Gasteiger partial charge in [-0.3, -0.25) is 9.59 Å². The lowest BCUT2D eigenvalue weighted by molar-refractivity contribution is -0.148. The molecule has 0 aromatic heterocycles. The molecular weight excluding hydrogens is 334 g/mol. The van der Waals surface area contributed by atoms with Gasteiger partial charge >= 0.3 is 5.97 Å². The molecule has 0 radical (unpaired) electrons. The van der Waals surface area contributed by atoms with Crippen LogP contribution in [-0.4, -0.2) is 32.7 Å². The summed E-state index contributed by atoms with van der Waals surface area (Å²) < 4.78 is 15.4. The Hall–Kier alpha value is -3.02. The Morgan fingerprint density at radius 3 is 2.35 bits per heavy atom. The molecule has 0 unspecified atom stereocenters. The van der Waals surface area contributed by atoms with Crippen molar-refractivity contribution in [3.63, 3.8) is 0 Å². The van der Waals surface area contributed by atoms with E-state index in [1.54, 1.807) is 25.3 Å². The molecule has 0 heterocycles. The number of rotatable bonds is 8. The summed E-state index contributed by atoms with van der Waals surface area (Å²) in [6.07, 6.45) is 0.0435. The molecule has 0 bridgehead atoms. The highest BCUT2D eigenvalue weighted by atomic mass is 16.5. The van der Waals surface area contributed by atoms with Crippen LogP contribution >= 0.6 is 0 Å². The van der Waals surface area contributed by atoms with Gasteiger partial charge in [-0.05, 0) is 30.2 Å². The molecule has 0 aliphatic carbocycles. The number of methoxy groups -OCH3 is 2. The summed E-state index contributed by atoms with van der Waals surface area (Å²) in [5.41, 5.74) is 1.70. The Labute approximate surface area is 153 Å². The Morgan fingerprint density at radius 1 is 1.00 bits per heavy atom. The van der Waals surface area contributed by atoms with E-state index in [1.165, 1.54) is 7.11 Å². The third-order valence-corrected chi connectivity index (χ3v) is 3.84. The molecule has 0 saturated heterocycles. The lowest BCUT2D eigenvalue weighted by atomic mass is 10.1. The number of benzene rings is 2. The maximum absolute atomic E-state index is 12.0. The molecule has 1 atom stereocenters. The zero-order chi connectivity index (χ0) is 18.9. The zero-order valence-corrected chi connectivity index (χ0v) is 15.2. The number of esters is 1. The zero-order valence-electron chi connectivity index (χ0n) is 15.2. The predicted octanol–water partition coefficient (Wildman–Crippen LogP) is 2.67. The number of hydrogen-bond donors (Lipinski definition) is 1. The van der Waals surface area contributed by atoms with Crippen molar-refractivity contribution >= 4 is 11.9 Å². The average molecular weight is 357 g/mol. The Morgan fingerprint density at radius 2 is 1.69 bits per heavy atom. The standard InChI is InChI=1S/C20H23NO5/c1-14(16-7-5-4-6-8-16)21-19(22)13-26-20(23)12-15-9-10-17(24-2)18(11-15)25-3/h4-11,14H,12-13H2,1-3H3,(H,21,22)/t14-/m1/s1. The van der Waals surface area contributed by atoms with Crippen molar-refractivity contribution in [3.8, 4) is 11.5 Å². The summed E-state index contributed by atoms with van der Waals surface area (Å²) in [7, 11) is 3.07. The fourth-order valence-corrected chi connectivity index (χ4v) is 2.46. The maximum Gasteiger partial charge on any atom is 0.310 e. The van der Waals surface area contributed by atoms with Gasteiger partial charge in [0.2, 0.25) is 0 Å². The van der Waals surface area contributed by atoms with Crippen molar-refractivity contribution in [3.05, 3.63) is 59.7 Å². The number of ether oxygens (including phenoxy) is 3. The van der Waals surface area contributed by atoms with E-state index in [4.69, 9.17) is 14.2 Å². The lowest BCUT2D eigenvalue weighted by Gasteiger charge is -2.14. The monoisotopic (exact) mass is 357 g/mol. The van der Waals surface area contributed by atoms with Crippen molar-refractivity contribution in [1.29, 1.82) is 0 Å². The van der Waals surface area contributed by atoms with Crippen LogP contribution < -0.4 is 14.8 Å². The lowest BCUT2D eigenvalue weighted by Crippen LogP contribution is -2.31. The fourth-order valence-electron chi connectivity index (χ4n) is 2.46. The second-order valence-electron chi connectivity index (χ2n) is 5.73. The van der Waals surface area contributed by atoms with Gasteiger partial charge in [-0.25, -0.2) is 0 Å². The van der Waals surface area contributed by atoms with E-state index >= 15 is 0 Å². The highest BCUT2D eigenvalue weighted by Crippen LogP contribution is 2.27. The molecule has 2 aromatic rings. The SMILES string of the molecule is COc1ccc(CC(=O)OCC(=O)N[C@H](C)c2ccccc2)cc1OC. The van der Waals surface area contributed by atoms with Gasteiger partial charge < -0.3 is 19.5 Å². The molecule has 0 aliphatic heterocycles. The number of carbonyl (C=O) groups excluding carboxylic acids is 2. The maximum atomic E-state index is 12.0. The molecule has 2 aromatic carbocycles. The van der Waals surface area contributed by atoms with Crippen LogP contribution in [0.1, 0.15) is 24.1 Å². The van der Waals surface area contributed by atoms with Crippen molar-refractivity contribution in [2.45, 2.75) is 19.4 Å². The summed E-state index contributed by atoms with van der Waals surface area (Å²) in [5.74, 6) is 0.285. The summed E-state index contributed by atoms with van der Waals surface area (Å²) in [6, 6.07) is 14.6. The molecule has 2 rings (SSSR count). The summed E-state index contributed by atoms with van der Waals surface area (Å²) >= 11 is 0. The fraction of sp³-hybridized carbons (Fsp3) is 0.300. The van der Waals surface area contributed by atoms with Crippen LogP contribution in [0.4, 0.5) is 0 Å². The number of hydrogen-bond acceptors (Lipinski definition) is 5. The van der Waals surface area contributed by atoms with E-state index in [0.29, 0.717) is 17.1 Å². The van der Waals surface area contributed by atoms with E-state index in [1.807, 2.05) is 37.3 Å². The van der Waals surface area contributed by atoms with E-state index in [0.717, 1.165) is 5.56 Å². The summed E-state index contributed by atoms with van der Waals surface area (Å²) in [5, 5.41) is 2.80. The molecule has 0 spiro atoms. The van der Waals surface area contributed by atoms with Gasteiger partial charge in [0, 0.05) is 0 Å². The molecule has 6 nitrogen and oxygen atoms in total. The molecule has 138 valence electrons. The first kappa shape index (κ1) is 19.3. The third kappa shape index (κ3) is 5.51. The first-order valence-electron chi connectivity index (χ1n) is 8.24. The topological polar surface area (TPSA) is 73.9 Å². The molecule has 0 fully saturated rings. The van der Waals surface area contributed by atoms with Gasteiger partial charge in [0.15, 0.2) is 18.1 Å². The average Bonchev–Trinajstić information content (AvgIpc) is 2.67. The van der Waals surface area contributed by atoms with Crippen LogP contribution in [0.3, 0.4) is 0 Å². The summed E-state index contributed by atoms with van der Waals surface area (Å²) in [6.45, 7) is 1.56. The molecule has 1 N–H and O–H groups in total. The predicted molar refractivity (Wildman–Crippen MR) is 97.2 cm³/mol. The third-order valence-electron chi connectivity index (χ3n) is 3.84.